The first-order chi connectivity index (χ1) is 5.95. The SMILES string of the molecule is CC(C)C(O)(CCCCO)C(C)C. The molecular formula is C11H24O2. The summed E-state index contributed by atoms with van der Waals surface area (Å²) in [6.45, 7) is 8.45. The maximum Gasteiger partial charge on any atom is 0.0693 e. The Labute approximate surface area is 82.0 Å². The van der Waals surface area contributed by atoms with Crippen LogP contribution in [0.3, 0.4) is 0 Å². The number of hydrogen-bond donors (Lipinski definition) is 2. The van der Waals surface area contributed by atoms with E-state index in [2.05, 4.69) is 27.7 Å². The lowest BCUT2D eigenvalue weighted by atomic mass is 9.77. The van der Waals surface area contributed by atoms with Gasteiger partial charge in [-0.25, -0.2) is 0 Å². The second-order valence-corrected chi connectivity index (χ2v) is 4.48. The molecule has 0 aliphatic heterocycles. The van der Waals surface area contributed by atoms with Gasteiger partial charge in [-0.15, -0.1) is 0 Å². The van der Waals surface area contributed by atoms with Gasteiger partial charge in [0.15, 0.2) is 0 Å². The van der Waals surface area contributed by atoms with Crippen molar-refractivity contribution in [1.29, 1.82) is 0 Å². The van der Waals surface area contributed by atoms with Crippen LogP contribution in [0.2, 0.25) is 0 Å². The molecule has 2 N–H and O–H groups in total. The zero-order valence-electron chi connectivity index (χ0n) is 9.38. The monoisotopic (exact) mass is 188 g/mol. The minimum absolute atomic E-state index is 0.228. The molecule has 2 heteroatoms. The molecular weight excluding hydrogens is 164 g/mol. The average molecular weight is 188 g/mol. The number of hydrogen-bond acceptors (Lipinski definition) is 2. The third kappa shape index (κ3) is 3.65. The zero-order chi connectivity index (χ0) is 10.5. The third-order valence-electron chi connectivity index (χ3n) is 2.98. The van der Waals surface area contributed by atoms with Crippen molar-refractivity contribution < 1.29 is 10.2 Å². The van der Waals surface area contributed by atoms with Crippen LogP contribution in [-0.2, 0) is 0 Å². The van der Waals surface area contributed by atoms with Crippen LogP contribution in [0.4, 0.5) is 0 Å². The Bertz CT molecular complexity index is 122. The summed E-state index contributed by atoms with van der Waals surface area (Å²) in [7, 11) is 0. The first-order valence-corrected chi connectivity index (χ1v) is 5.28. The molecule has 0 saturated heterocycles. The molecule has 0 amide bonds. The second kappa shape index (κ2) is 5.61. The standard InChI is InChI=1S/C11H24O2/c1-9(2)11(13,10(3)4)7-5-6-8-12/h9-10,12-13H,5-8H2,1-4H3. The van der Waals surface area contributed by atoms with E-state index < -0.39 is 5.60 Å². The summed E-state index contributed by atoms with van der Waals surface area (Å²) < 4.78 is 0. The predicted octanol–water partition coefficient (Wildman–Crippen LogP) is 2.19. The number of aliphatic hydroxyl groups is 2. The average Bonchev–Trinajstić information content (AvgIpc) is 2.03. The van der Waals surface area contributed by atoms with Gasteiger partial charge in [0.05, 0.1) is 5.60 Å². The Balaban J connectivity index is 4.09. The Morgan fingerprint density at radius 1 is 1.00 bits per heavy atom. The molecule has 0 fully saturated rings. The fourth-order valence-corrected chi connectivity index (χ4v) is 1.76. The summed E-state index contributed by atoms with van der Waals surface area (Å²) >= 11 is 0. The lowest BCUT2D eigenvalue weighted by Crippen LogP contribution is -2.40. The highest BCUT2D eigenvalue weighted by Gasteiger charge is 2.33. The molecule has 0 aromatic rings. The highest BCUT2D eigenvalue weighted by molar-refractivity contribution is 4.84. The minimum Gasteiger partial charge on any atom is -0.396 e. The molecule has 13 heavy (non-hydrogen) atoms. The Kier molecular flexibility index (Phi) is 5.57. The van der Waals surface area contributed by atoms with Gasteiger partial charge in [-0.1, -0.05) is 27.7 Å². The molecule has 0 aromatic heterocycles. The topological polar surface area (TPSA) is 40.5 Å². The number of aliphatic hydroxyl groups excluding tert-OH is 1. The van der Waals surface area contributed by atoms with Crippen molar-refractivity contribution in [2.75, 3.05) is 6.61 Å². The third-order valence-corrected chi connectivity index (χ3v) is 2.98. The molecule has 0 radical (unpaired) electrons. The van der Waals surface area contributed by atoms with Gasteiger partial charge in [0, 0.05) is 6.61 Å². The first-order valence-electron chi connectivity index (χ1n) is 5.28. The van der Waals surface area contributed by atoms with Crippen molar-refractivity contribution >= 4 is 0 Å². The van der Waals surface area contributed by atoms with Gasteiger partial charge < -0.3 is 10.2 Å². The summed E-state index contributed by atoms with van der Waals surface area (Å²) in [6, 6.07) is 0. The van der Waals surface area contributed by atoms with E-state index >= 15 is 0 Å². The van der Waals surface area contributed by atoms with Gasteiger partial charge in [-0.3, -0.25) is 0 Å². The van der Waals surface area contributed by atoms with E-state index in [-0.39, 0.29) is 18.4 Å². The molecule has 0 unspecified atom stereocenters. The quantitative estimate of drug-likeness (QED) is 0.627. The highest BCUT2D eigenvalue weighted by atomic mass is 16.3. The molecule has 0 atom stereocenters. The lowest BCUT2D eigenvalue weighted by Gasteiger charge is -2.36. The van der Waals surface area contributed by atoms with Crippen molar-refractivity contribution in [2.24, 2.45) is 11.8 Å². The van der Waals surface area contributed by atoms with Crippen LogP contribution in [0.5, 0.6) is 0 Å². The summed E-state index contributed by atoms with van der Waals surface area (Å²) in [5.74, 6) is 0.567. The Morgan fingerprint density at radius 3 is 1.77 bits per heavy atom. The predicted molar refractivity (Wildman–Crippen MR) is 55.6 cm³/mol. The Hall–Kier alpha value is -0.0800. The van der Waals surface area contributed by atoms with E-state index in [9.17, 15) is 5.11 Å². The van der Waals surface area contributed by atoms with Gasteiger partial charge in [0.1, 0.15) is 0 Å². The number of unbranched alkanes of at least 4 members (excludes halogenated alkanes) is 1. The summed E-state index contributed by atoms with van der Waals surface area (Å²) in [5, 5.41) is 19.0. The van der Waals surface area contributed by atoms with Gasteiger partial charge >= 0.3 is 0 Å². The van der Waals surface area contributed by atoms with E-state index in [1.165, 1.54) is 0 Å². The van der Waals surface area contributed by atoms with Crippen LogP contribution >= 0.6 is 0 Å². The molecule has 0 aromatic carbocycles. The molecule has 0 saturated carbocycles. The molecule has 0 heterocycles. The van der Waals surface area contributed by atoms with E-state index in [0.717, 1.165) is 19.3 Å². The molecule has 0 aliphatic rings. The van der Waals surface area contributed by atoms with Crippen LogP contribution in [-0.4, -0.2) is 22.4 Å². The van der Waals surface area contributed by atoms with Crippen LogP contribution in [0, 0.1) is 11.8 Å². The number of rotatable bonds is 6. The summed E-state index contributed by atoms with van der Waals surface area (Å²) in [4.78, 5) is 0. The van der Waals surface area contributed by atoms with Crippen LogP contribution < -0.4 is 0 Å². The maximum atomic E-state index is 10.3. The lowest BCUT2D eigenvalue weighted by molar-refractivity contribution is -0.0559. The second-order valence-electron chi connectivity index (χ2n) is 4.48. The van der Waals surface area contributed by atoms with E-state index in [4.69, 9.17) is 5.11 Å². The molecule has 80 valence electrons. The maximum absolute atomic E-state index is 10.3. The summed E-state index contributed by atoms with van der Waals surface area (Å²) in [6.07, 6.45) is 2.49. The zero-order valence-corrected chi connectivity index (χ0v) is 9.38. The van der Waals surface area contributed by atoms with Gasteiger partial charge in [-0.05, 0) is 31.1 Å². The van der Waals surface area contributed by atoms with Crippen LogP contribution in [0.1, 0.15) is 47.0 Å². The Morgan fingerprint density at radius 2 is 1.46 bits per heavy atom. The van der Waals surface area contributed by atoms with Crippen LogP contribution in [0.15, 0.2) is 0 Å². The van der Waals surface area contributed by atoms with E-state index in [0.29, 0.717) is 0 Å². The van der Waals surface area contributed by atoms with Crippen molar-refractivity contribution in [1.82, 2.24) is 0 Å². The minimum atomic E-state index is -0.560. The van der Waals surface area contributed by atoms with Crippen molar-refractivity contribution in [2.45, 2.75) is 52.6 Å². The van der Waals surface area contributed by atoms with Crippen molar-refractivity contribution in [3.8, 4) is 0 Å². The van der Waals surface area contributed by atoms with Crippen molar-refractivity contribution in [3.63, 3.8) is 0 Å². The van der Waals surface area contributed by atoms with Gasteiger partial charge in [0.25, 0.3) is 0 Å². The molecule has 0 spiro atoms. The molecule has 0 aliphatic carbocycles. The largest absolute Gasteiger partial charge is 0.396 e. The van der Waals surface area contributed by atoms with Crippen LogP contribution in [0.25, 0.3) is 0 Å². The van der Waals surface area contributed by atoms with Gasteiger partial charge in [-0.2, -0.15) is 0 Å². The fraction of sp³-hybridized carbons (Fsp3) is 1.00. The molecule has 2 nitrogen and oxygen atoms in total. The van der Waals surface area contributed by atoms with Crippen molar-refractivity contribution in [3.05, 3.63) is 0 Å². The van der Waals surface area contributed by atoms with E-state index in [1.54, 1.807) is 0 Å². The normalized spacial score (nSPS) is 12.9. The van der Waals surface area contributed by atoms with Gasteiger partial charge in [0.2, 0.25) is 0 Å². The summed E-state index contributed by atoms with van der Waals surface area (Å²) in [5.41, 5.74) is -0.560. The highest BCUT2D eigenvalue weighted by Crippen LogP contribution is 2.31. The smallest absolute Gasteiger partial charge is 0.0693 e. The fourth-order valence-electron chi connectivity index (χ4n) is 1.76. The first kappa shape index (κ1) is 12.9. The van der Waals surface area contributed by atoms with E-state index in [1.807, 2.05) is 0 Å². The molecule has 0 rings (SSSR count). The molecule has 0 bridgehead atoms.